The Morgan fingerprint density at radius 2 is 1.49 bits per heavy atom. The summed E-state index contributed by atoms with van der Waals surface area (Å²) < 4.78 is 5.75. The highest BCUT2D eigenvalue weighted by molar-refractivity contribution is 5.95. The van der Waals surface area contributed by atoms with Gasteiger partial charge in [-0.2, -0.15) is 0 Å². The van der Waals surface area contributed by atoms with Crippen LogP contribution < -0.4 is 16.0 Å². The Bertz CT molecular complexity index is 832. The highest BCUT2D eigenvalue weighted by Gasteiger charge is 2.31. The molecule has 0 atom stereocenters. The number of carbonyl (C=O) groups is 2. The maximum Gasteiger partial charge on any atom is 0.317 e. The topological polar surface area (TPSA) is 112 Å². The summed E-state index contributed by atoms with van der Waals surface area (Å²) in [6.45, 7) is 2.88. The number of benzene rings is 1. The Hall–Kier alpha value is -2.19. The summed E-state index contributed by atoms with van der Waals surface area (Å²) in [5, 5.41) is 10.7. The number of anilines is 1. The number of nitrogens with two attached hydrogens (primary N) is 1. The normalized spacial score (nSPS) is 22.9. The number of amidine groups is 1. The lowest BCUT2D eigenvalue weighted by Crippen LogP contribution is -2.54. The van der Waals surface area contributed by atoms with Gasteiger partial charge in [-0.1, -0.05) is 6.42 Å². The quantitative estimate of drug-likeness (QED) is 0.303. The maximum absolute atomic E-state index is 12.8. The minimum absolute atomic E-state index is 0. The largest absolute Gasteiger partial charge is 0.462 e. The molecule has 8 nitrogen and oxygen atoms in total. The fourth-order valence-electron chi connectivity index (χ4n) is 5.20. The number of nitrogens with zero attached hydrogens (tertiary/aromatic N) is 2. The second kappa shape index (κ2) is 13.8. The second-order valence-corrected chi connectivity index (χ2v) is 9.63. The van der Waals surface area contributed by atoms with Gasteiger partial charge in [0.15, 0.2) is 0 Å². The third kappa shape index (κ3) is 7.90. The minimum Gasteiger partial charge on any atom is -0.462 e. The number of urea groups is 1. The van der Waals surface area contributed by atoms with Crippen LogP contribution in [0, 0.1) is 11.3 Å². The molecule has 2 saturated carbocycles. The number of amides is 2. The molecule has 2 amide bonds. The van der Waals surface area contributed by atoms with E-state index in [4.69, 9.17) is 15.9 Å². The number of rotatable bonds is 5. The van der Waals surface area contributed by atoms with E-state index in [-0.39, 0.29) is 60.7 Å². The zero-order valence-electron chi connectivity index (χ0n) is 20.2. The number of ether oxygens (including phenoxy) is 1. The van der Waals surface area contributed by atoms with Gasteiger partial charge >= 0.3 is 12.0 Å². The van der Waals surface area contributed by atoms with E-state index in [1.165, 1.54) is 6.42 Å². The molecule has 0 bridgehead atoms. The predicted octanol–water partition coefficient (Wildman–Crippen LogP) is 4.08. The first-order valence-electron chi connectivity index (χ1n) is 12.4. The molecule has 4 rings (SSSR count). The highest BCUT2D eigenvalue weighted by atomic mass is 35.5. The molecule has 0 radical (unpaired) electrons. The van der Waals surface area contributed by atoms with Gasteiger partial charge in [-0.05, 0) is 75.6 Å². The molecule has 196 valence electrons. The molecule has 2 aliphatic carbocycles. The van der Waals surface area contributed by atoms with Gasteiger partial charge in [0.2, 0.25) is 0 Å². The summed E-state index contributed by atoms with van der Waals surface area (Å²) >= 11 is 0. The van der Waals surface area contributed by atoms with Crippen molar-refractivity contribution in [2.75, 3.05) is 31.1 Å². The van der Waals surface area contributed by atoms with Crippen LogP contribution in [-0.2, 0) is 9.53 Å². The van der Waals surface area contributed by atoms with E-state index in [2.05, 4.69) is 10.2 Å². The van der Waals surface area contributed by atoms with Crippen LogP contribution in [0.5, 0.6) is 0 Å². The zero-order valence-corrected chi connectivity index (χ0v) is 21.9. The molecule has 1 saturated heterocycles. The summed E-state index contributed by atoms with van der Waals surface area (Å²) in [5.41, 5.74) is 7.32. The third-order valence-electron chi connectivity index (χ3n) is 7.33. The summed E-state index contributed by atoms with van der Waals surface area (Å²) in [4.78, 5) is 29.4. The van der Waals surface area contributed by atoms with Crippen molar-refractivity contribution in [1.29, 1.82) is 5.41 Å². The smallest absolute Gasteiger partial charge is 0.317 e. The van der Waals surface area contributed by atoms with Crippen molar-refractivity contribution < 1.29 is 14.3 Å². The van der Waals surface area contributed by atoms with Gasteiger partial charge in [0.25, 0.3) is 0 Å². The molecule has 10 heteroatoms. The maximum atomic E-state index is 12.8. The number of piperazine rings is 1. The number of carbonyl (C=O) groups excluding carboxylic acids is 2. The van der Waals surface area contributed by atoms with E-state index >= 15 is 0 Å². The summed E-state index contributed by atoms with van der Waals surface area (Å²) in [6, 6.07) is 7.80. The lowest BCUT2D eigenvalue weighted by molar-refractivity contribution is -0.156. The molecule has 35 heavy (non-hydrogen) atoms. The standard InChI is InChI=1S/C25H37N5O3.2ClH/c26-23(27)18-8-12-21(13-9-18)29-14-16-30(17-15-29)25(32)28-20-10-6-19(7-11-20)24(31)33-22-4-2-1-3-5-22;;/h8-9,12-13,19-20,22H,1-7,10-11,14-17H2,(H3,26,27)(H,28,32);2*1H/t19-,20-;;. The van der Waals surface area contributed by atoms with Gasteiger partial charge in [-0.15, -0.1) is 24.8 Å². The van der Waals surface area contributed by atoms with Crippen LogP contribution in [-0.4, -0.2) is 61.1 Å². The first-order chi connectivity index (χ1) is 16.0. The Morgan fingerprint density at radius 3 is 2.06 bits per heavy atom. The average Bonchev–Trinajstić information content (AvgIpc) is 2.85. The van der Waals surface area contributed by atoms with Crippen LogP contribution in [0.2, 0.25) is 0 Å². The van der Waals surface area contributed by atoms with Gasteiger partial charge in [0, 0.05) is 43.5 Å². The number of nitrogens with one attached hydrogen (secondary N) is 2. The van der Waals surface area contributed by atoms with E-state index in [0.29, 0.717) is 18.7 Å². The molecule has 0 unspecified atom stereocenters. The molecule has 1 aliphatic heterocycles. The van der Waals surface area contributed by atoms with Gasteiger partial charge in [0.05, 0.1) is 5.92 Å². The van der Waals surface area contributed by atoms with Gasteiger partial charge in [0.1, 0.15) is 11.9 Å². The van der Waals surface area contributed by atoms with Crippen LogP contribution >= 0.6 is 24.8 Å². The Balaban J connectivity index is 0.00000216. The third-order valence-corrected chi connectivity index (χ3v) is 7.33. The molecule has 3 fully saturated rings. The molecule has 0 spiro atoms. The predicted molar refractivity (Wildman–Crippen MR) is 143 cm³/mol. The summed E-state index contributed by atoms with van der Waals surface area (Å²) in [6.07, 6.45) is 8.96. The van der Waals surface area contributed by atoms with Crippen LogP contribution in [0.15, 0.2) is 24.3 Å². The van der Waals surface area contributed by atoms with Crippen molar-refractivity contribution in [2.45, 2.75) is 69.9 Å². The number of hydrogen-bond donors (Lipinski definition) is 3. The monoisotopic (exact) mass is 527 g/mol. The fourth-order valence-corrected chi connectivity index (χ4v) is 5.20. The molecule has 0 aromatic heterocycles. The average molecular weight is 529 g/mol. The van der Waals surface area contributed by atoms with Crippen molar-refractivity contribution in [2.24, 2.45) is 11.7 Å². The fraction of sp³-hybridized carbons (Fsp3) is 0.640. The first kappa shape index (κ1) is 29.0. The molecule has 1 aromatic rings. The van der Waals surface area contributed by atoms with Gasteiger partial charge < -0.3 is 25.6 Å². The van der Waals surface area contributed by atoms with Crippen molar-refractivity contribution >= 4 is 48.3 Å². The zero-order chi connectivity index (χ0) is 23.2. The van der Waals surface area contributed by atoms with E-state index in [0.717, 1.165) is 70.1 Å². The summed E-state index contributed by atoms with van der Waals surface area (Å²) in [7, 11) is 0. The molecule has 1 aromatic carbocycles. The number of hydrogen-bond acceptors (Lipinski definition) is 5. The van der Waals surface area contributed by atoms with Crippen molar-refractivity contribution in [3.63, 3.8) is 0 Å². The van der Waals surface area contributed by atoms with E-state index < -0.39 is 0 Å². The summed E-state index contributed by atoms with van der Waals surface area (Å²) in [5.74, 6) is 0.0235. The van der Waals surface area contributed by atoms with Crippen molar-refractivity contribution in [1.82, 2.24) is 10.2 Å². The van der Waals surface area contributed by atoms with Gasteiger partial charge in [-0.3, -0.25) is 10.2 Å². The Labute approximate surface area is 220 Å². The molecular weight excluding hydrogens is 489 g/mol. The Morgan fingerprint density at radius 1 is 0.886 bits per heavy atom. The molecule has 3 aliphatic rings. The van der Waals surface area contributed by atoms with E-state index in [9.17, 15) is 9.59 Å². The second-order valence-electron chi connectivity index (χ2n) is 9.63. The molecule has 4 N–H and O–H groups in total. The number of nitrogen functional groups attached to an aromatic ring is 1. The van der Waals surface area contributed by atoms with Crippen LogP contribution in [0.1, 0.15) is 63.4 Å². The molecular formula is C25H39Cl2N5O3. The minimum atomic E-state index is -0.0286. The first-order valence-corrected chi connectivity index (χ1v) is 12.4. The Kier molecular flexibility index (Phi) is 11.4. The van der Waals surface area contributed by atoms with E-state index in [1.54, 1.807) is 0 Å². The number of esters is 1. The van der Waals surface area contributed by atoms with Gasteiger partial charge in [-0.25, -0.2) is 4.79 Å². The van der Waals surface area contributed by atoms with Crippen molar-refractivity contribution in [3.8, 4) is 0 Å². The van der Waals surface area contributed by atoms with Crippen LogP contribution in [0.4, 0.5) is 10.5 Å². The van der Waals surface area contributed by atoms with E-state index in [1.807, 2.05) is 29.2 Å². The molecule has 1 heterocycles. The van der Waals surface area contributed by atoms with Crippen LogP contribution in [0.3, 0.4) is 0 Å². The SMILES string of the molecule is Cl.Cl.N=C(N)c1ccc(N2CCN(C(=O)N[C@H]3CC[C@H](C(=O)OC4CCCCC4)CC3)CC2)cc1. The lowest BCUT2D eigenvalue weighted by atomic mass is 9.86. The van der Waals surface area contributed by atoms with Crippen LogP contribution in [0.25, 0.3) is 0 Å². The highest BCUT2D eigenvalue weighted by Crippen LogP contribution is 2.28. The van der Waals surface area contributed by atoms with Crippen molar-refractivity contribution in [3.05, 3.63) is 29.8 Å². The lowest BCUT2D eigenvalue weighted by Gasteiger charge is -2.37. The number of halogens is 2.